The van der Waals surface area contributed by atoms with Crippen molar-refractivity contribution in [1.29, 1.82) is 0 Å². The third-order valence-electron chi connectivity index (χ3n) is 4.66. The van der Waals surface area contributed by atoms with E-state index in [1.165, 1.54) is 20.1 Å². The Labute approximate surface area is 205 Å². The number of nitro benzene ring substituents is 2. The van der Waals surface area contributed by atoms with E-state index in [0.717, 1.165) is 18.6 Å². The number of amides is 1. The lowest BCUT2D eigenvalue weighted by atomic mass is 10.2. The topological polar surface area (TPSA) is 171 Å². The van der Waals surface area contributed by atoms with Gasteiger partial charge in [0.15, 0.2) is 5.69 Å². The highest BCUT2D eigenvalue weighted by molar-refractivity contribution is 6.33. The van der Waals surface area contributed by atoms with Crippen LogP contribution in [0.1, 0.15) is 27.2 Å². The summed E-state index contributed by atoms with van der Waals surface area (Å²) >= 11 is 6.05. The van der Waals surface area contributed by atoms with Crippen LogP contribution >= 0.6 is 11.6 Å². The molecular formula is C21H25ClN6O7. The van der Waals surface area contributed by atoms with Gasteiger partial charge in [0.05, 0.1) is 38.9 Å². The molecule has 0 aliphatic rings. The minimum absolute atomic E-state index is 0.0824. The Kier molecular flexibility index (Phi) is 9.85. The second kappa shape index (κ2) is 12.6. The van der Waals surface area contributed by atoms with Gasteiger partial charge < -0.3 is 20.1 Å². The summed E-state index contributed by atoms with van der Waals surface area (Å²) in [5.41, 5.74) is -0.676. The average molecular weight is 509 g/mol. The van der Waals surface area contributed by atoms with Gasteiger partial charge in [0.1, 0.15) is 18.0 Å². The average Bonchev–Trinajstić information content (AvgIpc) is 2.79. The predicted molar refractivity (Wildman–Crippen MR) is 130 cm³/mol. The molecule has 0 bridgehead atoms. The molecule has 0 fully saturated rings. The third-order valence-corrected chi connectivity index (χ3v) is 4.95. The van der Waals surface area contributed by atoms with Crippen LogP contribution in [0.4, 0.5) is 34.1 Å². The molecule has 0 saturated heterocycles. The summed E-state index contributed by atoms with van der Waals surface area (Å²) in [5.74, 6) is -0.00182. The number of nitro groups is 2. The highest BCUT2D eigenvalue weighted by Crippen LogP contribution is 2.42. The molecule has 1 amide bonds. The number of hydrogen-bond donors (Lipinski definition) is 2. The number of rotatable bonds is 12. The number of nitrogens with zero attached hydrogens (tertiary/aromatic N) is 4. The smallest absolute Gasteiger partial charge is 0.305 e. The van der Waals surface area contributed by atoms with E-state index in [4.69, 9.17) is 21.1 Å². The van der Waals surface area contributed by atoms with Crippen LogP contribution in [0.3, 0.4) is 0 Å². The molecule has 13 nitrogen and oxygen atoms in total. The van der Waals surface area contributed by atoms with E-state index < -0.39 is 21.2 Å². The van der Waals surface area contributed by atoms with E-state index in [-0.39, 0.29) is 40.6 Å². The van der Waals surface area contributed by atoms with Gasteiger partial charge in [0.2, 0.25) is 5.91 Å². The summed E-state index contributed by atoms with van der Waals surface area (Å²) in [6, 6.07) is 4.87. The zero-order chi connectivity index (χ0) is 26.1. The van der Waals surface area contributed by atoms with E-state index in [0.29, 0.717) is 18.0 Å². The number of methoxy groups -OCH3 is 1. The van der Waals surface area contributed by atoms with E-state index in [9.17, 15) is 25.0 Å². The van der Waals surface area contributed by atoms with Crippen LogP contribution in [0.25, 0.3) is 0 Å². The molecule has 14 heteroatoms. The molecule has 0 heterocycles. The minimum Gasteiger partial charge on any atom is -0.489 e. The standard InChI is InChI=1S/C21H25ClN6O7/c1-5-12(2)23-18-10-16(24-13(3)29)17(11-20(18)35-7-6-34-4)25-26-21-15(22)8-14(27(30)31)9-19(21)28(32)33/h8-12,23H,5-7H2,1-4H3,(H,24,29). The van der Waals surface area contributed by atoms with Crippen molar-refractivity contribution in [2.45, 2.75) is 33.2 Å². The summed E-state index contributed by atoms with van der Waals surface area (Å²) in [4.78, 5) is 32.7. The summed E-state index contributed by atoms with van der Waals surface area (Å²) < 4.78 is 10.8. The predicted octanol–water partition coefficient (Wildman–Crippen LogP) is 5.77. The number of non-ortho nitro benzene ring substituents is 1. The van der Waals surface area contributed by atoms with Crippen molar-refractivity contribution in [3.63, 3.8) is 0 Å². The molecule has 0 radical (unpaired) electrons. The van der Waals surface area contributed by atoms with Gasteiger partial charge in [-0.15, -0.1) is 10.2 Å². The first-order valence-corrected chi connectivity index (χ1v) is 10.8. The van der Waals surface area contributed by atoms with E-state index in [1.54, 1.807) is 6.07 Å². The molecule has 0 saturated carbocycles. The Hall–Kier alpha value is -3.84. The van der Waals surface area contributed by atoms with E-state index in [1.807, 2.05) is 13.8 Å². The number of anilines is 2. The molecule has 188 valence electrons. The van der Waals surface area contributed by atoms with Gasteiger partial charge in [-0.25, -0.2) is 0 Å². The molecule has 0 aliphatic heterocycles. The van der Waals surface area contributed by atoms with Crippen LogP contribution in [0.2, 0.25) is 5.02 Å². The molecule has 1 atom stereocenters. The van der Waals surface area contributed by atoms with Gasteiger partial charge >= 0.3 is 5.69 Å². The van der Waals surface area contributed by atoms with Crippen LogP contribution in [0.5, 0.6) is 5.75 Å². The van der Waals surface area contributed by atoms with Crippen LogP contribution in [-0.2, 0) is 9.53 Å². The summed E-state index contributed by atoms with van der Waals surface area (Å²) in [6.45, 7) is 5.82. The lowest BCUT2D eigenvalue weighted by Crippen LogP contribution is -2.16. The summed E-state index contributed by atoms with van der Waals surface area (Å²) in [6.07, 6.45) is 0.816. The number of ether oxygens (including phenoxy) is 2. The third kappa shape index (κ3) is 7.58. The number of nitrogens with one attached hydrogen (secondary N) is 2. The molecule has 0 aliphatic carbocycles. The maximum atomic E-state index is 11.8. The fourth-order valence-electron chi connectivity index (χ4n) is 2.79. The number of azo groups is 1. The van der Waals surface area contributed by atoms with Gasteiger partial charge in [-0.3, -0.25) is 25.0 Å². The van der Waals surface area contributed by atoms with Gasteiger partial charge in [-0.1, -0.05) is 18.5 Å². The zero-order valence-electron chi connectivity index (χ0n) is 19.5. The Balaban J connectivity index is 2.62. The van der Waals surface area contributed by atoms with Gasteiger partial charge in [-0.05, 0) is 19.4 Å². The van der Waals surface area contributed by atoms with Crippen molar-refractivity contribution < 1.29 is 24.1 Å². The SMILES string of the molecule is CCC(C)Nc1cc(NC(C)=O)c(N=Nc2c(Cl)cc([N+](=O)[O-])cc2[N+](=O)[O-])cc1OCCOC. The van der Waals surface area contributed by atoms with Crippen LogP contribution < -0.4 is 15.4 Å². The molecule has 2 aromatic carbocycles. The Morgan fingerprint density at radius 1 is 1.11 bits per heavy atom. The van der Waals surface area contributed by atoms with Crippen LogP contribution in [-0.4, -0.2) is 42.1 Å². The second-order valence-electron chi connectivity index (χ2n) is 7.35. The van der Waals surface area contributed by atoms with Crippen molar-refractivity contribution in [1.82, 2.24) is 0 Å². The Bertz CT molecular complexity index is 1140. The van der Waals surface area contributed by atoms with Crippen molar-refractivity contribution >= 4 is 51.6 Å². The molecular weight excluding hydrogens is 484 g/mol. The lowest BCUT2D eigenvalue weighted by molar-refractivity contribution is -0.393. The fourth-order valence-corrected chi connectivity index (χ4v) is 3.04. The van der Waals surface area contributed by atoms with Crippen molar-refractivity contribution in [2.24, 2.45) is 10.2 Å². The normalized spacial score (nSPS) is 11.8. The van der Waals surface area contributed by atoms with Crippen molar-refractivity contribution in [3.8, 4) is 5.75 Å². The monoisotopic (exact) mass is 508 g/mol. The molecule has 2 aromatic rings. The van der Waals surface area contributed by atoms with Crippen LogP contribution in [0, 0.1) is 20.2 Å². The van der Waals surface area contributed by atoms with E-state index in [2.05, 4.69) is 20.9 Å². The molecule has 2 rings (SSSR count). The fraction of sp³-hybridized carbons (Fsp3) is 0.381. The maximum Gasteiger partial charge on any atom is 0.305 e. The maximum absolute atomic E-state index is 11.8. The second-order valence-corrected chi connectivity index (χ2v) is 7.76. The van der Waals surface area contributed by atoms with Gasteiger partial charge in [-0.2, -0.15) is 0 Å². The largest absolute Gasteiger partial charge is 0.489 e. The summed E-state index contributed by atoms with van der Waals surface area (Å²) in [7, 11) is 1.53. The first kappa shape index (κ1) is 27.4. The molecule has 0 aromatic heterocycles. The number of halogens is 1. The minimum atomic E-state index is -0.847. The van der Waals surface area contributed by atoms with Gasteiger partial charge in [0.25, 0.3) is 5.69 Å². The van der Waals surface area contributed by atoms with Crippen molar-refractivity contribution in [3.05, 3.63) is 49.5 Å². The highest BCUT2D eigenvalue weighted by Gasteiger charge is 2.24. The quantitative estimate of drug-likeness (QED) is 0.157. The molecule has 2 N–H and O–H groups in total. The molecule has 0 spiro atoms. The number of carbonyl (C=O) groups is 1. The van der Waals surface area contributed by atoms with Crippen molar-refractivity contribution in [2.75, 3.05) is 31.0 Å². The number of benzene rings is 2. The zero-order valence-corrected chi connectivity index (χ0v) is 20.3. The highest BCUT2D eigenvalue weighted by atomic mass is 35.5. The molecule has 1 unspecified atom stereocenters. The summed E-state index contributed by atoms with van der Waals surface area (Å²) in [5, 5.41) is 36.1. The first-order chi connectivity index (χ1) is 16.6. The molecule has 35 heavy (non-hydrogen) atoms. The lowest BCUT2D eigenvalue weighted by Gasteiger charge is -2.19. The first-order valence-electron chi connectivity index (χ1n) is 10.4. The Morgan fingerprint density at radius 3 is 2.40 bits per heavy atom. The van der Waals surface area contributed by atoms with Crippen LogP contribution in [0.15, 0.2) is 34.5 Å². The van der Waals surface area contributed by atoms with Gasteiger partial charge in [0, 0.05) is 32.2 Å². The van der Waals surface area contributed by atoms with E-state index >= 15 is 0 Å². The number of carbonyl (C=O) groups excluding carboxylic acids is 1. The Morgan fingerprint density at radius 2 is 1.83 bits per heavy atom. The number of hydrogen-bond acceptors (Lipinski definition) is 10.